The molecule has 0 fully saturated rings. The highest BCUT2D eigenvalue weighted by atomic mass is 31.1. The van der Waals surface area contributed by atoms with E-state index in [1.54, 1.807) is 0 Å². The Hall–Kier alpha value is -0.870. The van der Waals surface area contributed by atoms with Crippen LogP contribution in [-0.2, 0) is 0 Å². The van der Waals surface area contributed by atoms with E-state index in [0.717, 1.165) is 0 Å². The van der Waals surface area contributed by atoms with Gasteiger partial charge in [0, 0.05) is 0 Å². The van der Waals surface area contributed by atoms with E-state index in [0.29, 0.717) is 0 Å². The first-order valence-electron chi connectivity index (χ1n) is 5.87. The molecule has 0 saturated carbocycles. The first-order valence-corrected chi connectivity index (χ1v) is 7.66. The third kappa shape index (κ3) is 4.77. The van der Waals surface area contributed by atoms with Crippen LogP contribution in [0.1, 0.15) is 27.7 Å². The molecule has 0 bridgehead atoms. The summed E-state index contributed by atoms with van der Waals surface area (Å²) >= 11 is 0. The van der Waals surface area contributed by atoms with Crippen molar-refractivity contribution in [2.75, 3.05) is 6.66 Å². The Morgan fingerprint density at radius 3 is 2.06 bits per heavy atom. The highest BCUT2D eigenvalue weighted by Gasteiger charge is 2.05. The number of hydrogen-bond donors (Lipinski definition) is 0. The first kappa shape index (κ1) is 15.1. The predicted octanol–water partition coefficient (Wildman–Crippen LogP) is 4.93. The van der Waals surface area contributed by atoms with Crippen molar-refractivity contribution < 1.29 is 0 Å². The minimum absolute atomic E-state index is 0.171. The minimum atomic E-state index is -0.171. The maximum atomic E-state index is 2.31. The lowest BCUT2D eigenvalue weighted by atomic mass is 10.4. The van der Waals surface area contributed by atoms with Crippen LogP contribution in [0.5, 0.6) is 0 Å². The van der Waals surface area contributed by atoms with Gasteiger partial charge in [-0.1, -0.05) is 62.4 Å². The van der Waals surface area contributed by atoms with Crippen LogP contribution in [-0.4, -0.2) is 6.66 Å². The predicted molar refractivity (Wildman–Crippen MR) is 78.8 cm³/mol. The third-order valence-corrected chi connectivity index (χ3v) is 4.42. The Balaban J connectivity index is 0.00000106. The average Bonchev–Trinajstić information content (AvgIpc) is 2.38. The molecule has 0 radical (unpaired) electrons. The van der Waals surface area contributed by atoms with Crippen molar-refractivity contribution in [2.24, 2.45) is 0 Å². The summed E-state index contributed by atoms with van der Waals surface area (Å²) < 4.78 is 0. The van der Waals surface area contributed by atoms with Gasteiger partial charge in [-0.25, -0.2) is 0 Å². The van der Waals surface area contributed by atoms with Crippen LogP contribution < -0.4 is 5.30 Å². The van der Waals surface area contributed by atoms with Crippen LogP contribution in [0.3, 0.4) is 0 Å². The maximum Gasteiger partial charge on any atom is -0.0198 e. The molecule has 1 aromatic carbocycles. The molecule has 0 aromatic heterocycles. The van der Waals surface area contributed by atoms with Gasteiger partial charge >= 0.3 is 0 Å². The Morgan fingerprint density at radius 1 is 1.06 bits per heavy atom. The third-order valence-electron chi connectivity index (χ3n) is 2.16. The molecule has 1 rings (SSSR count). The van der Waals surface area contributed by atoms with Gasteiger partial charge in [-0.2, -0.15) is 0 Å². The van der Waals surface area contributed by atoms with Crippen LogP contribution in [0.2, 0.25) is 0 Å². The highest BCUT2D eigenvalue weighted by molar-refractivity contribution is 7.69. The van der Waals surface area contributed by atoms with E-state index in [2.05, 4.69) is 69.1 Å². The van der Waals surface area contributed by atoms with Crippen molar-refractivity contribution in [3.63, 3.8) is 0 Å². The monoisotopic (exact) mass is 234 g/mol. The fourth-order valence-corrected chi connectivity index (χ4v) is 3.05. The van der Waals surface area contributed by atoms with Gasteiger partial charge < -0.3 is 0 Å². The molecule has 0 aliphatic heterocycles. The highest BCUT2D eigenvalue weighted by Crippen LogP contribution is 2.40. The SMILES string of the molecule is C/C=C\C(=C/C)P(C)c1ccccc1.CC. The number of rotatable bonds is 3. The fourth-order valence-electron chi connectivity index (χ4n) is 1.37. The molecule has 0 saturated heterocycles. The summed E-state index contributed by atoms with van der Waals surface area (Å²) in [6, 6.07) is 10.7. The average molecular weight is 234 g/mol. The molecule has 1 unspecified atom stereocenters. The Kier molecular flexibility index (Phi) is 8.85. The molecule has 0 nitrogen and oxygen atoms in total. The van der Waals surface area contributed by atoms with Crippen molar-refractivity contribution in [1.29, 1.82) is 0 Å². The Morgan fingerprint density at radius 2 is 1.62 bits per heavy atom. The lowest BCUT2D eigenvalue weighted by Crippen LogP contribution is -1.98. The van der Waals surface area contributed by atoms with Gasteiger partial charge in [-0.15, -0.1) is 0 Å². The van der Waals surface area contributed by atoms with Crippen molar-refractivity contribution >= 4 is 13.2 Å². The minimum Gasteiger partial charge on any atom is -0.0870 e. The van der Waals surface area contributed by atoms with Crippen LogP contribution in [0.25, 0.3) is 0 Å². The van der Waals surface area contributed by atoms with Crippen LogP contribution >= 0.6 is 7.92 Å². The number of allylic oxidation sites excluding steroid dienone is 4. The summed E-state index contributed by atoms with van der Waals surface area (Å²) in [5, 5.41) is 2.88. The lowest BCUT2D eigenvalue weighted by Gasteiger charge is -2.13. The van der Waals surface area contributed by atoms with E-state index in [1.807, 2.05) is 13.8 Å². The molecule has 16 heavy (non-hydrogen) atoms. The molecule has 1 aromatic rings. The van der Waals surface area contributed by atoms with Crippen molar-refractivity contribution in [1.82, 2.24) is 0 Å². The zero-order valence-electron chi connectivity index (χ0n) is 11.1. The Bertz CT molecular complexity index is 323. The smallest absolute Gasteiger partial charge is 0.0198 e. The summed E-state index contributed by atoms with van der Waals surface area (Å²) in [7, 11) is -0.171. The second kappa shape index (κ2) is 9.36. The van der Waals surface area contributed by atoms with E-state index in [9.17, 15) is 0 Å². The summed E-state index contributed by atoms with van der Waals surface area (Å²) in [5.74, 6) is 0. The molecule has 0 aliphatic carbocycles. The van der Waals surface area contributed by atoms with Gasteiger partial charge in [0.1, 0.15) is 0 Å². The van der Waals surface area contributed by atoms with E-state index >= 15 is 0 Å². The van der Waals surface area contributed by atoms with Gasteiger partial charge in [0.2, 0.25) is 0 Å². The maximum absolute atomic E-state index is 2.31. The first-order chi connectivity index (χ1) is 7.79. The molecular weight excluding hydrogens is 211 g/mol. The summed E-state index contributed by atoms with van der Waals surface area (Å²) in [5.41, 5.74) is 0. The van der Waals surface area contributed by atoms with Crippen LogP contribution in [0, 0.1) is 0 Å². The number of hydrogen-bond acceptors (Lipinski definition) is 0. The van der Waals surface area contributed by atoms with Crippen molar-refractivity contribution in [2.45, 2.75) is 27.7 Å². The van der Waals surface area contributed by atoms with E-state index in [4.69, 9.17) is 0 Å². The quantitative estimate of drug-likeness (QED) is 0.514. The molecule has 0 aliphatic rings. The van der Waals surface area contributed by atoms with Crippen LogP contribution in [0.4, 0.5) is 0 Å². The van der Waals surface area contributed by atoms with E-state index < -0.39 is 0 Å². The lowest BCUT2D eigenvalue weighted by molar-refractivity contribution is 1.50. The molecular formula is C15H23P. The summed E-state index contributed by atoms with van der Waals surface area (Å²) in [4.78, 5) is 0. The number of benzene rings is 1. The zero-order valence-corrected chi connectivity index (χ0v) is 12.0. The molecule has 0 N–H and O–H groups in total. The molecule has 0 amide bonds. The topological polar surface area (TPSA) is 0 Å². The van der Waals surface area contributed by atoms with Gasteiger partial charge in [0.25, 0.3) is 0 Å². The van der Waals surface area contributed by atoms with Gasteiger partial charge in [-0.3, -0.25) is 0 Å². The molecule has 88 valence electrons. The standard InChI is InChI=1S/C13H17P.C2H6/c1-4-9-12(5-2)14(3)13-10-7-6-8-11-13;1-2/h4-11H,1-3H3;1-2H3/b9-4-,12-5+;. The van der Waals surface area contributed by atoms with Crippen molar-refractivity contribution in [3.8, 4) is 0 Å². The molecule has 1 heteroatoms. The fraction of sp³-hybridized carbons (Fsp3) is 0.333. The van der Waals surface area contributed by atoms with Crippen molar-refractivity contribution in [3.05, 3.63) is 53.9 Å². The molecule has 0 spiro atoms. The largest absolute Gasteiger partial charge is 0.0870 e. The van der Waals surface area contributed by atoms with Crippen LogP contribution in [0.15, 0.2) is 53.9 Å². The van der Waals surface area contributed by atoms with E-state index in [-0.39, 0.29) is 7.92 Å². The van der Waals surface area contributed by atoms with Gasteiger partial charge in [0.05, 0.1) is 0 Å². The van der Waals surface area contributed by atoms with Gasteiger partial charge in [-0.05, 0) is 39.1 Å². The second-order valence-corrected chi connectivity index (χ2v) is 5.26. The normalized spacial score (nSPS) is 13.2. The zero-order chi connectivity index (χ0) is 12.4. The Labute approximate surface area is 102 Å². The molecule has 1 atom stereocenters. The second-order valence-electron chi connectivity index (χ2n) is 3.11. The summed E-state index contributed by atoms with van der Waals surface area (Å²) in [6.45, 7) is 10.5. The summed E-state index contributed by atoms with van der Waals surface area (Å²) in [6.07, 6.45) is 6.52. The van der Waals surface area contributed by atoms with E-state index in [1.165, 1.54) is 10.6 Å². The molecule has 0 heterocycles. The van der Waals surface area contributed by atoms with Gasteiger partial charge in [0.15, 0.2) is 0 Å².